The zero-order valence-corrected chi connectivity index (χ0v) is 16.6. The minimum atomic E-state index is -0.345. The summed E-state index contributed by atoms with van der Waals surface area (Å²) in [5, 5.41) is 6.77. The first kappa shape index (κ1) is 20.0. The zero-order valence-electron chi connectivity index (χ0n) is 16.6. The number of benzene rings is 2. The summed E-state index contributed by atoms with van der Waals surface area (Å²) in [5.41, 5.74) is 1.28. The molecule has 5 nitrogen and oxygen atoms in total. The summed E-state index contributed by atoms with van der Waals surface area (Å²) >= 11 is 0. The van der Waals surface area contributed by atoms with Crippen LogP contribution < -0.4 is 20.3 Å². The first-order chi connectivity index (χ1) is 13.7. The van der Waals surface area contributed by atoms with Crippen molar-refractivity contribution in [2.45, 2.75) is 31.9 Å². The van der Waals surface area contributed by atoms with Crippen molar-refractivity contribution in [3.63, 3.8) is 0 Å². The second kappa shape index (κ2) is 9.97. The Morgan fingerprint density at radius 3 is 2.50 bits per heavy atom. The van der Waals surface area contributed by atoms with Gasteiger partial charge in [-0.2, -0.15) is 0 Å². The molecule has 28 heavy (non-hydrogen) atoms. The quantitative estimate of drug-likeness (QED) is 0.592. The normalized spacial score (nSPS) is 16.5. The van der Waals surface area contributed by atoms with E-state index in [2.05, 4.69) is 44.8 Å². The lowest BCUT2D eigenvalue weighted by atomic mass is 10.0. The predicted octanol–water partition coefficient (Wildman–Crippen LogP) is 3.43. The molecule has 1 aliphatic rings. The summed E-state index contributed by atoms with van der Waals surface area (Å²) in [7, 11) is 1.76. The van der Waals surface area contributed by atoms with E-state index < -0.39 is 0 Å². The van der Waals surface area contributed by atoms with Crippen LogP contribution in [0.4, 0.5) is 10.1 Å². The van der Waals surface area contributed by atoms with Gasteiger partial charge in [0.2, 0.25) is 0 Å². The number of ether oxygens (including phenoxy) is 1. The van der Waals surface area contributed by atoms with Crippen LogP contribution in [0.3, 0.4) is 0 Å². The molecule has 0 amide bonds. The number of nitrogens with zero attached hydrogens (tertiary/aromatic N) is 2. The lowest BCUT2D eigenvalue weighted by molar-refractivity contribution is 0.214. The summed E-state index contributed by atoms with van der Waals surface area (Å²) in [6, 6.07) is 17.4. The van der Waals surface area contributed by atoms with Crippen molar-refractivity contribution >= 4 is 11.6 Å². The van der Waals surface area contributed by atoms with E-state index in [4.69, 9.17) is 4.74 Å². The topological polar surface area (TPSA) is 48.9 Å². The molecule has 0 spiro atoms. The predicted molar refractivity (Wildman–Crippen MR) is 113 cm³/mol. The Morgan fingerprint density at radius 2 is 1.82 bits per heavy atom. The molecule has 2 N–H and O–H groups in total. The largest absolute Gasteiger partial charge is 0.486 e. The number of anilines is 1. The molecular formula is C22H29FN4O. The highest BCUT2D eigenvalue weighted by molar-refractivity contribution is 5.80. The van der Waals surface area contributed by atoms with Crippen LogP contribution in [0, 0.1) is 5.82 Å². The number of para-hydroxylation sites is 2. The summed E-state index contributed by atoms with van der Waals surface area (Å²) in [6.07, 6.45) is 1.92. The van der Waals surface area contributed by atoms with Gasteiger partial charge in [-0.3, -0.25) is 4.99 Å². The van der Waals surface area contributed by atoms with Gasteiger partial charge in [-0.05, 0) is 44.0 Å². The van der Waals surface area contributed by atoms with Gasteiger partial charge in [-0.1, -0.05) is 30.3 Å². The highest BCUT2D eigenvalue weighted by Gasteiger charge is 2.20. The van der Waals surface area contributed by atoms with Crippen molar-refractivity contribution in [2.75, 3.05) is 31.6 Å². The van der Waals surface area contributed by atoms with Crippen molar-refractivity contribution in [3.05, 3.63) is 60.4 Å². The molecule has 2 aromatic rings. The average molecular weight is 384 g/mol. The standard InChI is InChI=1S/C22H29FN4O/c1-17(28-21-11-7-6-10-20(21)23)16-25-22(24-2)26-18-12-14-27(15-13-18)19-8-4-3-5-9-19/h3-11,17-18H,12-16H2,1-2H3,(H2,24,25,26). The second-order valence-corrected chi connectivity index (χ2v) is 7.05. The molecule has 1 saturated heterocycles. The van der Waals surface area contributed by atoms with Crippen LogP contribution >= 0.6 is 0 Å². The molecule has 1 unspecified atom stereocenters. The number of rotatable bonds is 6. The zero-order chi connectivity index (χ0) is 19.8. The van der Waals surface area contributed by atoms with Gasteiger partial charge in [0.25, 0.3) is 0 Å². The Morgan fingerprint density at radius 1 is 1.14 bits per heavy atom. The number of piperidine rings is 1. The minimum absolute atomic E-state index is 0.185. The third-order valence-electron chi connectivity index (χ3n) is 4.90. The molecule has 1 aliphatic heterocycles. The van der Waals surface area contributed by atoms with Gasteiger partial charge in [-0.15, -0.1) is 0 Å². The van der Waals surface area contributed by atoms with Gasteiger partial charge in [0.15, 0.2) is 17.5 Å². The maximum atomic E-state index is 13.7. The molecule has 1 heterocycles. The molecule has 6 heteroatoms. The van der Waals surface area contributed by atoms with Crippen molar-refractivity contribution < 1.29 is 9.13 Å². The Kier molecular flexibility index (Phi) is 7.12. The fourth-order valence-corrected chi connectivity index (χ4v) is 3.35. The van der Waals surface area contributed by atoms with E-state index in [1.54, 1.807) is 25.2 Å². The van der Waals surface area contributed by atoms with Gasteiger partial charge in [0.1, 0.15) is 6.10 Å². The van der Waals surface area contributed by atoms with Crippen LogP contribution in [0.25, 0.3) is 0 Å². The number of halogens is 1. The molecule has 2 aromatic carbocycles. The molecule has 1 atom stereocenters. The Hall–Kier alpha value is -2.76. The molecule has 1 fully saturated rings. The first-order valence-corrected chi connectivity index (χ1v) is 9.84. The van der Waals surface area contributed by atoms with Crippen molar-refractivity contribution in [3.8, 4) is 5.75 Å². The number of guanidine groups is 1. The van der Waals surface area contributed by atoms with E-state index >= 15 is 0 Å². The smallest absolute Gasteiger partial charge is 0.191 e. The van der Waals surface area contributed by atoms with Crippen LogP contribution in [0.5, 0.6) is 5.75 Å². The summed E-state index contributed by atoms with van der Waals surface area (Å²) in [5.74, 6) is 0.678. The Labute approximate surface area is 166 Å². The van der Waals surface area contributed by atoms with Crippen molar-refractivity contribution in [1.29, 1.82) is 0 Å². The molecule has 150 valence electrons. The van der Waals surface area contributed by atoms with Crippen molar-refractivity contribution in [2.24, 2.45) is 4.99 Å². The fraction of sp³-hybridized carbons (Fsp3) is 0.409. The van der Waals surface area contributed by atoms with E-state index in [1.807, 2.05) is 13.0 Å². The highest BCUT2D eigenvalue weighted by Crippen LogP contribution is 2.19. The molecule has 0 aliphatic carbocycles. The van der Waals surface area contributed by atoms with E-state index in [0.29, 0.717) is 12.6 Å². The SMILES string of the molecule is CN=C(NCC(C)Oc1ccccc1F)NC1CCN(c2ccccc2)CC1. The van der Waals surface area contributed by atoms with E-state index in [0.717, 1.165) is 31.9 Å². The molecule has 0 bridgehead atoms. The van der Waals surface area contributed by atoms with E-state index in [1.165, 1.54) is 11.8 Å². The van der Waals surface area contributed by atoms with Crippen LogP contribution in [0.15, 0.2) is 59.6 Å². The monoisotopic (exact) mass is 384 g/mol. The molecular weight excluding hydrogens is 355 g/mol. The van der Waals surface area contributed by atoms with E-state index in [9.17, 15) is 4.39 Å². The average Bonchev–Trinajstić information content (AvgIpc) is 2.74. The van der Waals surface area contributed by atoms with Gasteiger partial charge in [0.05, 0.1) is 6.54 Å². The third-order valence-corrected chi connectivity index (χ3v) is 4.90. The lowest BCUT2D eigenvalue weighted by Gasteiger charge is -2.34. The van der Waals surface area contributed by atoms with Crippen molar-refractivity contribution in [1.82, 2.24) is 10.6 Å². The molecule has 3 rings (SSSR count). The number of aliphatic imine (C=N–C) groups is 1. The maximum absolute atomic E-state index is 13.7. The van der Waals surface area contributed by atoms with Crippen LogP contribution in [-0.4, -0.2) is 44.8 Å². The Bertz CT molecular complexity index is 760. The third kappa shape index (κ3) is 5.62. The van der Waals surface area contributed by atoms with E-state index in [-0.39, 0.29) is 17.7 Å². The van der Waals surface area contributed by atoms with Gasteiger partial charge < -0.3 is 20.3 Å². The first-order valence-electron chi connectivity index (χ1n) is 9.84. The fourth-order valence-electron chi connectivity index (χ4n) is 3.35. The number of hydrogen-bond acceptors (Lipinski definition) is 3. The second-order valence-electron chi connectivity index (χ2n) is 7.05. The van der Waals surface area contributed by atoms with Crippen LogP contribution in [0.2, 0.25) is 0 Å². The summed E-state index contributed by atoms with van der Waals surface area (Å²) < 4.78 is 19.4. The van der Waals surface area contributed by atoms with Crippen LogP contribution in [0.1, 0.15) is 19.8 Å². The maximum Gasteiger partial charge on any atom is 0.191 e. The molecule has 0 saturated carbocycles. The van der Waals surface area contributed by atoms with Gasteiger partial charge in [0, 0.05) is 31.9 Å². The molecule has 0 aromatic heterocycles. The lowest BCUT2D eigenvalue weighted by Crippen LogP contribution is -2.50. The Balaban J connectivity index is 1.42. The van der Waals surface area contributed by atoms with Crippen LogP contribution in [-0.2, 0) is 0 Å². The minimum Gasteiger partial charge on any atom is -0.486 e. The number of nitrogens with one attached hydrogen (secondary N) is 2. The van der Waals surface area contributed by atoms with Gasteiger partial charge in [-0.25, -0.2) is 4.39 Å². The molecule has 0 radical (unpaired) electrons. The number of hydrogen-bond donors (Lipinski definition) is 2. The van der Waals surface area contributed by atoms with Gasteiger partial charge >= 0.3 is 0 Å². The highest BCUT2D eigenvalue weighted by atomic mass is 19.1. The summed E-state index contributed by atoms with van der Waals surface area (Å²) in [4.78, 5) is 6.72. The summed E-state index contributed by atoms with van der Waals surface area (Å²) in [6.45, 7) is 4.48.